The third kappa shape index (κ3) is 6.63. The molecule has 29 heavy (non-hydrogen) atoms. The van der Waals surface area contributed by atoms with Gasteiger partial charge in [-0.2, -0.15) is 0 Å². The van der Waals surface area contributed by atoms with Crippen LogP contribution in [0.25, 0.3) is 0 Å². The van der Waals surface area contributed by atoms with Crippen LogP contribution in [0.3, 0.4) is 0 Å². The fraction of sp³-hybridized carbons (Fsp3) is 0.842. The van der Waals surface area contributed by atoms with Crippen molar-refractivity contribution in [3.63, 3.8) is 0 Å². The Morgan fingerprint density at radius 2 is 1.76 bits per heavy atom. The number of nitrogens with one attached hydrogen (secondary N) is 2. The summed E-state index contributed by atoms with van der Waals surface area (Å²) < 4.78 is 0. The van der Waals surface area contributed by atoms with E-state index in [0.717, 1.165) is 0 Å². The fourth-order valence-electron chi connectivity index (χ4n) is 3.75. The number of likely N-dealkylation sites (N-methyl/N-ethyl adjacent to an activating group) is 1. The summed E-state index contributed by atoms with van der Waals surface area (Å²) in [4.78, 5) is 36.9. The van der Waals surface area contributed by atoms with E-state index in [4.69, 9.17) is 5.73 Å². The first-order chi connectivity index (χ1) is 13.3. The van der Waals surface area contributed by atoms with E-state index >= 15 is 0 Å². The lowest BCUT2D eigenvalue weighted by Gasteiger charge is -2.42. The number of carbonyl (C=O) groups excluding carboxylic acids is 3. The number of aliphatic hydroxyl groups excluding tert-OH is 2. The molecule has 1 fully saturated rings. The summed E-state index contributed by atoms with van der Waals surface area (Å²) in [6.45, 7) is 7.47. The number of hydrogen-bond donors (Lipinski definition) is 7. The Morgan fingerprint density at radius 3 is 2.21 bits per heavy atom. The van der Waals surface area contributed by atoms with E-state index in [2.05, 4.69) is 10.6 Å². The number of quaternary nitrogens is 1. The minimum atomic E-state index is -2.06. The molecule has 1 saturated carbocycles. The third-order valence-corrected chi connectivity index (χ3v) is 5.40. The molecule has 0 unspecified atom stereocenters. The highest BCUT2D eigenvalue weighted by Crippen LogP contribution is 2.30. The first-order valence-electron chi connectivity index (χ1n) is 10.1. The van der Waals surface area contributed by atoms with Crippen LogP contribution in [-0.4, -0.2) is 76.0 Å². The normalized spacial score (nSPS) is 29.4. The molecule has 0 radical (unpaired) electrons. The second-order valence-corrected chi connectivity index (χ2v) is 8.77. The van der Waals surface area contributed by atoms with Crippen LogP contribution in [0.5, 0.6) is 0 Å². The highest BCUT2D eigenvalue weighted by atomic mass is 16.3. The highest BCUT2D eigenvalue weighted by Gasteiger charge is 2.50. The van der Waals surface area contributed by atoms with Crippen molar-refractivity contribution in [2.24, 2.45) is 17.6 Å². The minimum absolute atomic E-state index is 0.0141. The van der Waals surface area contributed by atoms with Gasteiger partial charge in [-0.3, -0.25) is 14.4 Å². The number of carbonyl (C=O) groups is 3. The van der Waals surface area contributed by atoms with E-state index in [-0.39, 0.29) is 24.2 Å². The summed E-state index contributed by atoms with van der Waals surface area (Å²) in [7, 11) is 1.75. The van der Waals surface area contributed by atoms with Crippen molar-refractivity contribution in [2.45, 2.75) is 82.9 Å². The first-order valence-corrected chi connectivity index (χ1v) is 10.1. The molecule has 0 saturated heterocycles. The monoisotopic (exact) mass is 417 g/mol. The third-order valence-electron chi connectivity index (χ3n) is 5.40. The molecule has 1 aliphatic carbocycles. The Bertz CT molecular complexity index is 599. The summed E-state index contributed by atoms with van der Waals surface area (Å²) in [6.07, 6.45) is -3.19. The lowest BCUT2D eigenvalue weighted by Crippen LogP contribution is -2.91. The van der Waals surface area contributed by atoms with Gasteiger partial charge in [-0.15, -0.1) is 0 Å². The lowest BCUT2D eigenvalue weighted by molar-refractivity contribution is -0.656. The molecular formula is C19H37N4O6+. The first kappa shape index (κ1) is 25.3. The van der Waals surface area contributed by atoms with Gasteiger partial charge in [0, 0.05) is 18.8 Å². The molecule has 0 aromatic heterocycles. The summed E-state index contributed by atoms with van der Waals surface area (Å²) >= 11 is 0. The van der Waals surface area contributed by atoms with Gasteiger partial charge in [-0.1, -0.05) is 27.7 Å². The summed E-state index contributed by atoms with van der Waals surface area (Å²) in [5, 5.41) is 38.2. The number of nitrogens with two attached hydrogens (primary N) is 2. The number of hydrogen-bond acceptors (Lipinski definition) is 6. The van der Waals surface area contributed by atoms with Gasteiger partial charge >= 0.3 is 0 Å². The quantitative estimate of drug-likeness (QED) is 0.209. The van der Waals surface area contributed by atoms with Gasteiger partial charge in [0.05, 0.1) is 19.2 Å². The number of amides is 3. The number of primary amides is 1. The maximum atomic E-state index is 12.7. The summed E-state index contributed by atoms with van der Waals surface area (Å²) in [6, 6.07) is -2.42. The average molecular weight is 418 g/mol. The second-order valence-electron chi connectivity index (χ2n) is 8.77. The Labute approximate surface area is 171 Å². The van der Waals surface area contributed by atoms with Crippen LogP contribution in [0.15, 0.2) is 0 Å². The Balaban J connectivity index is 2.96. The highest BCUT2D eigenvalue weighted by molar-refractivity contribution is 5.91. The van der Waals surface area contributed by atoms with E-state index in [0.29, 0.717) is 6.42 Å². The molecule has 6 atom stereocenters. The molecule has 1 aliphatic rings. The molecule has 1 rings (SSSR count). The van der Waals surface area contributed by atoms with Gasteiger partial charge in [0.2, 0.25) is 5.91 Å². The van der Waals surface area contributed by atoms with Crippen molar-refractivity contribution in [1.29, 1.82) is 0 Å². The second kappa shape index (κ2) is 10.3. The molecule has 168 valence electrons. The smallest absolute Gasteiger partial charge is 0.278 e. The van der Waals surface area contributed by atoms with Gasteiger partial charge in [-0.25, -0.2) is 0 Å². The van der Waals surface area contributed by atoms with Crippen LogP contribution in [0.2, 0.25) is 0 Å². The van der Waals surface area contributed by atoms with Crippen molar-refractivity contribution in [3.8, 4) is 0 Å². The number of aliphatic hydroxyl groups is 3. The van der Waals surface area contributed by atoms with E-state index in [1.807, 2.05) is 27.7 Å². The van der Waals surface area contributed by atoms with Gasteiger partial charge < -0.3 is 37.0 Å². The largest absolute Gasteiger partial charge is 0.390 e. The van der Waals surface area contributed by atoms with Crippen LogP contribution < -0.4 is 21.7 Å². The van der Waals surface area contributed by atoms with Crippen LogP contribution in [-0.2, 0) is 14.4 Å². The molecule has 0 spiro atoms. The molecule has 9 N–H and O–H groups in total. The zero-order valence-electron chi connectivity index (χ0n) is 17.9. The SMILES string of the molecule is C[NH2+][C@H](C(=O)N[C@H]1C[C@@](O)(C(=O)N[C@H](CC(C)C)C(N)=O)C[C@@H](O)[C@@H]1O)C(C)C. The molecule has 0 heterocycles. The fourth-order valence-corrected chi connectivity index (χ4v) is 3.75. The Hall–Kier alpha value is -1.75. The zero-order chi connectivity index (χ0) is 22.5. The van der Waals surface area contributed by atoms with Gasteiger partial charge in [0.15, 0.2) is 6.04 Å². The van der Waals surface area contributed by atoms with Crippen LogP contribution >= 0.6 is 0 Å². The lowest BCUT2D eigenvalue weighted by atomic mass is 9.77. The van der Waals surface area contributed by atoms with E-state index in [1.54, 1.807) is 12.4 Å². The summed E-state index contributed by atoms with van der Waals surface area (Å²) in [5.41, 5.74) is 3.28. The molecule has 0 aromatic rings. The van der Waals surface area contributed by atoms with E-state index in [1.165, 1.54) is 0 Å². The van der Waals surface area contributed by atoms with Gasteiger partial charge in [0.25, 0.3) is 11.8 Å². The topological polar surface area (TPSA) is 179 Å². The molecule has 0 aromatic carbocycles. The van der Waals surface area contributed by atoms with Crippen LogP contribution in [0.4, 0.5) is 0 Å². The maximum Gasteiger partial charge on any atom is 0.278 e. The Kier molecular flexibility index (Phi) is 9.01. The van der Waals surface area contributed by atoms with Crippen molar-refractivity contribution >= 4 is 17.7 Å². The molecule has 0 bridgehead atoms. The molecule has 10 heteroatoms. The van der Waals surface area contributed by atoms with Crippen molar-refractivity contribution in [3.05, 3.63) is 0 Å². The maximum absolute atomic E-state index is 12.7. The predicted octanol–water partition coefficient (Wildman–Crippen LogP) is -3.05. The van der Waals surface area contributed by atoms with E-state index in [9.17, 15) is 29.7 Å². The standard InChI is InChI=1S/C19H36N4O6/c1-9(2)6-11(16(20)26)23-18(28)19(29)7-12(15(25)13(24)8-19)22-17(27)14(21-5)10(3)4/h9-15,21,24-25,29H,6-8H2,1-5H3,(H2,20,26)(H,22,27)(H,23,28)/p+1/t11-,12+,13-,14+,15-,19+/m1/s1. The molecule has 10 nitrogen and oxygen atoms in total. The Morgan fingerprint density at radius 1 is 1.17 bits per heavy atom. The zero-order valence-corrected chi connectivity index (χ0v) is 17.9. The van der Waals surface area contributed by atoms with Crippen molar-refractivity contribution < 1.29 is 35.0 Å². The predicted molar refractivity (Wildman–Crippen MR) is 105 cm³/mol. The van der Waals surface area contributed by atoms with Crippen LogP contribution in [0.1, 0.15) is 47.0 Å². The van der Waals surface area contributed by atoms with Gasteiger partial charge in [-0.05, 0) is 12.3 Å². The van der Waals surface area contributed by atoms with Crippen LogP contribution in [0, 0.1) is 11.8 Å². The van der Waals surface area contributed by atoms with Crippen molar-refractivity contribution in [1.82, 2.24) is 10.6 Å². The molecule has 3 amide bonds. The van der Waals surface area contributed by atoms with Gasteiger partial charge in [0.1, 0.15) is 17.7 Å². The summed E-state index contributed by atoms with van der Waals surface area (Å²) in [5.74, 6) is -1.87. The average Bonchev–Trinajstić information content (AvgIpc) is 2.58. The van der Waals surface area contributed by atoms with E-state index < -0.39 is 54.2 Å². The van der Waals surface area contributed by atoms with Crippen molar-refractivity contribution in [2.75, 3.05) is 7.05 Å². The molecular weight excluding hydrogens is 380 g/mol. The number of rotatable bonds is 9. The minimum Gasteiger partial charge on any atom is -0.390 e. The molecule has 0 aliphatic heterocycles.